The van der Waals surface area contributed by atoms with Gasteiger partial charge >= 0.3 is 5.97 Å². The van der Waals surface area contributed by atoms with E-state index in [4.69, 9.17) is 9.26 Å². The molecule has 0 radical (unpaired) electrons. The maximum atomic E-state index is 13.7. The summed E-state index contributed by atoms with van der Waals surface area (Å²) in [5.74, 6) is -0.222. The van der Waals surface area contributed by atoms with E-state index in [9.17, 15) is 9.59 Å². The fourth-order valence-electron chi connectivity index (χ4n) is 3.72. The fourth-order valence-corrected chi connectivity index (χ4v) is 4.88. The molecule has 0 aliphatic heterocycles. The van der Waals surface area contributed by atoms with Gasteiger partial charge in [0.2, 0.25) is 5.69 Å². The molecule has 3 aromatic rings. The number of ketones is 1. The van der Waals surface area contributed by atoms with Crippen LogP contribution in [0, 0.1) is 0 Å². The number of nitrogens with zero attached hydrogens (tertiary/aromatic N) is 1. The van der Waals surface area contributed by atoms with Gasteiger partial charge in [-0.2, -0.15) is 0 Å². The van der Waals surface area contributed by atoms with Gasteiger partial charge in [0, 0.05) is 21.3 Å². The van der Waals surface area contributed by atoms with Crippen molar-refractivity contribution in [1.82, 2.24) is 5.16 Å². The maximum absolute atomic E-state index is 13.7. The van der Waals surface area contributed by atoms with Crippen LogP contribution >= 0.6 is 23.5 Å². The highest BCUT2D eigenvalue weighted by Crippen LogP contribution is 2.43. The summed E-state index contributed by atoms with van der Waals surface area (Å²) in [5, 5.41) is 3.93. The molecule has 0 bridgehead atoms. The van der Waals surface area contributed by atoms with Gasteiger partial charge in [0.1, 0.15) is 5.56 Å². The molecule has 2 aromatic carbocycles. The van der Waals surface area contributed by atoms with Crippen molar-refractivity contribution < 1.29 is 18.8 Å². The van der Waals surface area contributed by atoms with E-state index in [1.807, 2.05) is 24.3 Å². The lowest BCUT2D eigenvalue weighted by Crippen LogP contribution is -2.14. The van der Waals surface area contributed by atoms with Crippen LogP contribution in [-0.4, -0.2) is 36.0 Å². The van der Waals surface area contributed by atoms with Gasteiger partial charge in [-0.3, -0.25) is 4.79 Å². The average Bonchev–Trinajstić information content (AvgIpc) is 3.57. The molecule has 1 aliphatic rings. The number of rotatable bonds is 9. The lowest BCUT2D eigenvalue weighted by atomic mass is 9.92. The highest BCUT2D eigenvalue weighted by molar-refractivity contribution is 7.99. The van der Waals surface area contributed by atoms with Gasteiger partial charge in [-0.05, 0) is 62.0 Å². The van der Waals surface area contributed by atoms with E-state index in [0.717, 1.165) is 24.0 Å². The number of hydrogen-bond donors (Lipinski definition) is 0. The number of thioether (sulfide) groups is 2. The van der Waals surface area contributed by atoms with Crippen LogP contribution in [-0.2, 0) is 11.2 Å². The van der Waals surface area contributed by atoms with Gasteiger partial charge in [0.15, 0.2) is 11.5 Å². The zero-order chi connectivity index (χ0) is 22.7. The monoisotopic (exact) mass is 467 g/mol. The van der Waals surface area contributed by atoms with Crippen LogP contribution in [0.5, 0.6) is 0 Å². The predicted octanol–water partition coefficient (Wildman–Crippen LogP) is 5.99. The van der Waals surface area contributed by atoms with Crippen molar-refractivity contribution in [3.05, 3.63) is 76.2 Å². The Morgan fingerprint density at radius 2 is 1.88 bits per heavy atom. The third kappa shape index (κ3) is 4.64. The van der Waals surface area contributed by atoms with Crippen molar-refractivity contribution in [2.75, 3.05) is 19.1 Å². The van der Waals surface area contributed by atoms with Crippen LogP contribution in [0.4, 0.5) is 0 Å². The van der Waals surface area contributed by atoms with E-state index >= 15 is 0 Å². The van der Waals surface area contributed by atoms with Gasteiger partial charge in [0.05, 0.1) is 6.61 Å². The first-order valence-electron chi connectivity index (χ1n) is 10.6. The lowest BCUT2D eigenvalue weighted by molar-refractivity contribution is 0.0512. The summed E-state index contributed by atoms with van der Waals surface area (Å²) in [6, 6.07) is 14.0. The largest absolute Gasteiger partial charge is 0.461 e. The molecule has 0 unspecified atom stereocenters. The Balaban J connectivity index is 1.73. The minimum atomic E-state index is -0.624. The Kier molecular flexibility index (Phi) is 7.06. The molecule has 1 aromatic heterocycles. The number of carbonyl (C=O) groups excluding carboxylic acids is 2. The molecule has 5 nitrogen and oxygen atoms in total. The van der Waals surface area contributed by atoms with Crippen LogP contribution in [0.2, 0.25) is 0 Å². The Labute approximate surface area is 196 Å². The smallest absolute Gasteiger partial charge is 0.361 e. The molecular weight excluding hydrogens is 442 g/mol. The highest BCUT2D eigenvalue weighted by Gasteiger charge is 2.37. The molecule has 1 saturated carbocycles. The molecule has 1 aliphatic carbocycles. The standard InChI is InChI=1S/C25H25NO4S2/c1-4-29-25(28)22-21(24(30-26-22)15-9-10-15)23(27)19-8-6-5-7-16(19)13-17-11-12-18(31-2)14-20(17)32-3/h5-8,11-12,14-15H,4,9-10,13H2,1-3H3. The first-order chi connectivity index (χ1) is 15.6. The number of hydrogen-bond acceptors (Lipinski definition) is 7. The fraction of sp³-hybridized carbons (Fsp3) is 0.320. The van der Waals surface area contributed by atoms with Crippen LogP contribution in [0.1, 0.15) is 69.0 Å². The van der Waals surface area contributed by atoms with Gasteiger partial charge in [-0.25, -0.2) is 4.79 Å². The van der Waals surface area contributed by atoms with Gasteiger partial charge in [-0.1, -0.05) is 35.5 Å². The average molecular weight is 468 g/mol. The van der Waals surface area contributed by atoms with Gasteiger partial charge in [-0.15, -0.1) is 23.5 Å². The summed E-state index contributed by atoms with van der Waals surface area (Å²) in [5.41, 5.74) is 2.85. The van der Waals surface area contributed by atoms with Crippen molar-refractivity contribution >= 4 is 35.3 Å². The molecule has 0 spiro atoms. The van der Waals surface area contributed by atoms with Crippen molar-refractivity contribution in [2.45, 2.75) is 41.9 Å². The molecule has 1 fully saturated rings. The van der Waals surface area contributed by atoms with E-state index in [-0.39, 0.29) is 29.6 Å². The van der Waals surface area contributed by atoms with E-state index in [0.29, 0.717) is 17.7 Å². The first-order valence-corrected chi connectivity index (χ1v) is 13.0. The van der Waals surface area contributed by atoms with E-state index in [1.54, 1.807) is 30.4 Å². The molecule has 0 amide bonds. The first kappa shape index (κ1) is 22.7. The number of benzene rings is 2. The summed E-state index contributed by atoms with van der Waals surface area (Å²) in [4.78, 5) is 28.6. The second-order valence-corrected chi connectivity index (χ2v) is 9.33. The second kappa shape index (κ2) is 9.96. The van der Waals surface area contributed by atoms with E-state index in [1.165, 1.54) is 9.79 Å². The number of esters is 1. The van der Waals surface area contributed by atoms with E-state index in [2.05, 4.69) is 35.9 Å². The maximum Gasteiger partial charge on any atom is 0.361 e. The Bertz CT molecular complexity index is 1150. The topological polar surface area (TPSA) is 69.4 Å². The third-order valence-electron chi connectivity index (χ3n) is 5.50. The Morgan fingerprint density at radius 1 is 1.09 bits per heavy atom. The normalized spacial score (nSPS) is 13.2. The molecule has 0 N–H and O–H groups in total. The van der Waals surface area contributed by atoms with Crippen molar-refractivity contribution in [2.24, 2.45) is 0 Å². The van der Waals surface area contributed by atoms with Gasteiger partial charge in [0.25, 0.3) is 0 Å². The Morgan fingerprint density at radius 3 is 2.56 bits per heavy atom. The molecule has 166 valence electrons. The van der Waals surface area contributed by atoms with Crippen LogP contribution in [0.3, 0.4) is 0 Å². The van der Waals surface area contributed by atoms with Crippen LogP contribution < -0.4 is 0 Å². The van der Waals surface area contributed by atoms with Crippen LogP contribution in [0.15, 0.2) is 56.8 Å². The quantitative estimate of drug-likeness (QED) is 0.217. The molecule has 1 heterocycles. The lowest BCUT2D eigenvalue weighted by Gasteiger charge is -2.13. The third-order valence-corrected chi connectivity index (χ3v) is 7.04. The number of carbonyl (C=O) groups is 2. The zero-order valence-corrected chi connectivity index (χ0v) is 20.0. The molecule has 0 saturated heterocycles. The molecule has 4 rings (SSSR count). The molecule has 7 heteroatoms. The summed E-state index contributed by atoms with van der Waals surface area (Å²) >= 11 is 3.41. The molecule has 0 atom stereocenters. The van der Waals surface area contributed by atoms with Gasteiger partial charge < -0.3 is 9.26 Å². The number of aromatic nitrogens is 1. The van der Waals surface area contributed by atoms with E-state index < -0.39 is 5.97 Å². The SMILES string of the molecule is CCOC(=O)c1noc(C2CC2)c1C(=O)c1ccccc1Cc1ccc(SC)cc1SC. The molecule has 32 heavy (non-hydrogen) atoms. The highest BCUT2D eigenvalue weighted by atomic mass is 32.2. The minimum Gasteiger partial charge on any atom is -0.461 e. The minimum absolute atomic E-state index is 0.0253. The van der Waals surface area contributed by atoms with Crippen molar-refractivity contribution in [3.8, 4) is 0 Å². The van der Waals surface area contributed by atoms with Crippen LogP contribution in [0.25, 0.3) is 0 Å². The summed E-state index contributed by atoms with van der Waals surface area (Å²) in [7, 11) is 0. The number of ether oxygens (including phenoxy) is 1. The van der Waals surface area contributed by atoms with Crippen molar-refractivity contribution in [3.63, 3.8) is 0 Å². The molecular formula is C25H25NO4S2. The summed E-state index contributed by atoms with van der Waals surface area (Å²) < 4.78 is 10.6. The predicted molar refractivity (Wildman–Crippen MR) is 127 cm³/mol. The van der Waals surface area contributed by atoms with Crippen molar-refractivity contribution in [1.29, 1.82) is 0 Å². The Hall–Kier alpha value is -2.51. The summed E-state index contributed by atoms with van der Waals surface area (Å²) in [6.45, 7) is 1.93. The second-order valence-electron chi connectivity index (χ2n) is 7.61. The summed E-state index contributed by atoms with van der Waals surface area (Å²) in [6.07, 6.45) is 6.59. The zero-order valence-electron chi connectivity index (χ0n) is 18.3.